The Labute approximate surface area is 150 Å². The van der Waals surface area contributed by atoms with Gasteiger partial charge < -0.3 is 9.47 Å². The quantitative estimate of drug-likeness (QED) is 0.278. The normalized spacial score (nSPS) is 13.8. The molecule has 24 heavy (non-hydrogen) atoms. The molecule has 0 aromatic heterocycles. The molecule has 0 fully saturated rings. The van der Waals surface area contributed by atoms with Crippen LogP contribution in [0.25, 0.3) is 0 Å². The van der Waals surface area contributed by atoms with Gasteiger partial charge in [-0.2, -0.15) is 0 Å². The number of rotatable bonds is 17. The van der Waals surface area contributed by atoms with Gasteiger partial charge in [0.2, 0.25) is 0 Å². The first kappa shape index (κ1) is 21.3. The van der Waals surface area contributed by atoms with Crippen molar-refractivity contribution in [3.8, 4) is 0 Å². The average molecular weight is 340 g/mol. The highest BCUT2D eigenvalue weighted by molar-refractivity contribution is 5.68. The monoisotopic (exact) mass is 339 g/mol. The Morgan fingerprint density at radius 2 is 1.17 bits per heavy atom. The Morgan fingerprint density at radius 1 is 0.708 bits per heavy atom. The summed E-state index contributed by atoms with van der Waals surface area (Å²) in [5, 5.41) is 0. The van der Waals surface area contributed by atoms with E-state index < -0.39 is 0 Å². The summed E-state index contributed by atoms with van der Waals surface area (Å²) in [5.74, 6) is 0. The van der Waals surface area contributed by atoms with Crippen LogP contribution in [0.2, 0.25) is 0 Å². The first-order valence-corrected chi connectivity index (χ1v) is 10.7. The molecule has 0 bridgehead atoms. The maximum atomic E-state index is 5.45. The molecule has 1 heterocycles. The minimum Gasteiger partial charge on any atom is -0.451 e. The van der Waals surface area contributed by atoms with E-state index in [0.29, 0.717) is 12.7 Å². The summed E-state index contributed by atoms with van der Waals surface area (Å²) in [7, 11) is 0. The molecular formula is C21H41NO2. The lowest BCUT2D eigenvalue weighted by Crippen LogP contribution is -2.06. The second-order valence-electron chi connectivity index (χ2n) is 7.15. The van der Waals surface area contributed by atoms with Crippen LogP contribution in [0.15, 0.2) is 4.99 Å². The van der Waals surface area contributed by atoms with Crippen LogP contribution in [0.4, 0.5) is 0 Å². The van der Waals surface area contributed by atoms with Gasteiger partial charge in [0, 0.05) is 0 Å². The fourth-order valence-corrected chi connectivity index (χ4v) is 3.21. The Balaban J connectivity index is 1.65. The summed E-state index contributed by atoms with van der Waals surface area (Å²) < 4.78 is 10.7. The molecule has 0 saturated heterocycles. The molecule has 0 aliphatic carbocycles. The SMILES string of the molecule is CCCCCCCCCCCCCCCCCCOC1=NCCO1. The molecular weight excluding hydrogens is 298 g/mol. The van der Waals surface area contributed by atoms with Crippen LogP contribution in [-0.2, 0) is 9.47 Å². The van der Waals surface area contributed by atoms with E-state index in [1.54, 1.807) is 0 Å². The maximum Gasteiger partial charge on any atom is 0.383 e. The predicted molar refractivity (Wildman–Crippen MR) is 104 cm³/mol. The van der Waals surface area contributed by atoms with Gasteiger partial charge in [0.1, 0.15) is 6.61 Å². The second-order valence-corrected chi connectivity index (χ2v) is 7.15. The highest BCUT2D eigenvalue weighted by Gasteiger charge is 2.07. The molecule has 0 aromatic rings. The van der Waals surface area contributed by atoms with Gasteiger partial charge in [-0.15, -0.1) is 0 Å². The van der Waals surface area contributed by atoms with E-state index in [-0.39, 0.29) is 0 Å². The Hall–Kier alpha value is -0.730. The van der Waals surface area contributed by atoms with E-state index in [9.17, 15) is 0 Å². The Morgan fingerprint density at radius 3 is 1.58 bits per heavy atom. The zero-order valence-electron chi connectivity index (χ0n) is 16.2. The van der Waals surface area contributed by atoms with Crippen LogP contribution in [0, 0.1) is 0 Å². The highest BCUT2D eigenvalue weighted by Crippen LogP contribution is 2.13. The molecule has 1 rings (SSSR count). The van der Waals surface area contributed by atoms with Crippen LogP contribution in [0.5, 0.6) is 0 Å². The van der Waals surface area contributed by atoms with Gasteiger partial charge in [-0.1, -0.05) is 103 Å². The van der Waals surface area contributed by atoms with Crippen molar-refractivity contribution in [2.75, 3.05) is 19.8 Å². The van der Waals surface area contributed by atoms with Crippen LogP contribution < -0.4 is 0 Å². The Bertz CT molecular complexity index is 292. The predicted octanol–water partition coefficient (Wildman–Crippen LogP) is 6.65. The van der Waals surface area contributed by atoms with Gasteiger partial charge in [-0.3, -0.25) is 0 Å². The summed E-state index contributed by atoms with van der Waals surface area (Å²) in [4.78, 5) is 4.12. The molecule has 3 nitrogen and oxygen atoms in total. The first-order chi connectivity index (χ1) is 11.9. The third-order valence-electron chi connectivity index (χ3n) is 4.78. The molecule has 0 saturated carbocycles. The van der Waals surface area contributed by atoms with E-state index in [0.717, 1.165) is 19.6 Å². The lowest BCUT2D eigenvalue weighted by Gasteiger charge is -2.05. The van der Waals surface area contributed by atoms with Crippen LogP contribution in [0.3, 0.4) is 0 Å². The van der Waals surface area contributed by atoms with Gasteiger partial charge in [-0.05, 0) is 6.42 Å². The third-order valence-corrected chi connectivity index (χ3v) is 4.78. The second kappa shape index (κ2) is 17.1. The molecule has 0 N–H and O–H groups in total. The molecule has 0 radical (unpaired) electrons. The molecule has 1 aliphatic rings. The van der Waals surface area contributed by atoms with Gasteiger partial charge in [0.15, 0.2) is 0 Å². The number of hydrogen-bond donors (Lipinski definition) is 0. The van der Waals surface area contributed by atoms with Gasteiger partial charge in [0.05, 0.1) is 13.2 Å². The largest absolute Gasteiger partial charge is 0.451 e. The highest BCUT2D eigenvalue weighted by atomic mass is 16.7. The standard InChI is InChI=1S/C21H41NO2/c1-2-3-4-5-6-7-8-9-10-11-12-13-14-15-16-17-19-23-21-22-18-20-24-21/h2-20H2,1H3. The zero-order valence-corrected chi connectivity index (χ0v) is 16.2. The first-order valence-electron chi connectivity index (χ1n) is 10.7. The molecule has 0 spiro atoms. The smallest absolute Gasteiger partial charge is 0.383 e. The van der Waals surface area contributed by atoms with E-state index in [2.05, 4.69) is 11.9 Å². The average Bonchev–Trinajstić information content (AvgIpc) is 3.11. The van der Waals surface area contributed by atoms with Crippen molar-refractivity contribution < 1.29 is 9.47 Å². The van der Waals surface area contributed by atoms with Crippen molar-refractivity contribution in [2.24, 2.45) is 4.99 Å². The summed E-state index contributed by atoms with van der Waals surface area (Å²) in [5.41, 5.74) is 0. The Kier molecular flexibility index (Phi) is 15.2. The van der Waals surface area contributed by atoms with Crippen molar-refractivity contribution in [2.45, 2.75) is 110 Å². The summed E-state index contributed by atoms with van der Waals surface area (Å²) in [6.45, 7) is 4.50. The number of hydrogen-bond acceptors (Lipinski definition) is 3. The molecule has 142 valence electrons. The van der Waals surface area contributed by atoms with E-state index in [1.807, 2.05) is 0 Å². The number of unbranched alkanes of at least 4 members (excludes halogenated alkanes) is 15. The van der Waals surface area contributed by atoms with Crippen molar-refractivity contribution in [1.82, 2.24) is 0 Å². The summed E-state index contributed by atoms with van der Waals surface area (Å²) >= 11 is 0. The lowest BCUT2D eigenvalue weighted by molar-refractivity contribution is 0.185. The molecule has 3 heteroatoms. The fourth-order valence-electron chi connectivity index (χ4n) is 3.21. The molecule has 1 aliphatic heterocycles. The van der Waals surface area contributed by atoms with Crippen LogP contribution in [0.1, 0.15) is 110 Å². The number of ether oxygens (including phenoxy) is 2. The van der Waals surface area contributed by atoms with Crippen LogP contribution >= 0.6 is 0 Å². The van der Waals surface area contributed by atoms with Gasteiger partial charge >= 0.3 is 6.08 Å². The van der Waals surface area contributed by atoms with Crippen LogP contribution in [-0.4, -0.2) is 25.8 Å². The van der Waals surface area contributed by atoms with Gasteiger partial charge in [-0.25, -0.2) is 4.99 Å². The van der Waals surface area contributed by atoms with Crippen molar-refractivity contribution in [3.63, 3.8) is 0 Å². The minimum atomic E-state index is 0.510. The maximum absolute atomic E-state index is 5.45. The fraction of sp³-hybridized carbons (Fsp3) is 0.952. The molecule has 0 atom stereocenters. The topological polar surface area (TPSA) is 30.8 Å². The van der Waals surface area contributed by atoms with E-state index >= 15 is 0 Å². The number of aliphatic imine (C=N–C) groups is 1. The zero-order chi connectivity index (χ0) is 17.1. The van der Waals surface area contributed by atoms with E-state index in [4.69, 9.17) is 9.47 Å². The third kappa shape index (κ3) is 13.7. The molecule has 0 aromatic carbocycles. The van der Waals surface area contributed by atoms with Crippen molar-refractivity contribution in [3.05, 3.63) is 0 Å². The molecule has 0 unspecified atom stereocenters. The van der Waals surface area contributed by atoms with Gasteiger partial charge in [0.25, 0.3) is 0 Å². The molecule has 0 amide bonds. The van der Waals surface area contributed by atoms with Crippen molar-refractivity contribution in [1.29, 1.82) is 0 Å². The van der Waals surface area contributed by atoms with Crippen molar-refractivity contribution >= 4 is 6.08 Å². The summed E-state index contributed by atoms with van der Waals surface area (Å²) in [6.07, 6.45) is 22.9. The number of nitrogens with zero attached hydrogens (tertiary/aromatic N) is 1. The van der Waals surface area contributed by atoms with E-state index in [1.165, 1.54) is 96.3 Å². The minimum absolute atomic E-state index is 0.510. The summed E-state index contributed by atoms with van der Waals surface area (Å²) in [6, 6.07) is 0. The lowest BCUT2D eigenvalue weighted by atomic mass is 10.0.